The Morgan fingerprint density at radius 1 is 1.38 bits per heavy atom. The summed E-state index contributed by atoms with van der Waals surface area (Å²) in [7, 11) is 0. The Kier molecular flexibility index (Phi) is 4.80. The average Bonchev–Trinajstić information content (AvgIpc) is 2.46. The maximum absolute atomic E-state index is 12.2. The summed E-state index contributed by atoms with van der Waals surface area (Å²) in [5, 5.41) is 11.5. The third kappa shape index (κ3) is 4.46. The SMILES string of the molecule is CC1(NC(=O)c2ccc(OCC(=O)O)cc2)CCCOC1. The van der Waals surface area contributed by atoms with Crippen molar-refractivity contribution in [1.82, 2.24) is 5.32 Å². The monoisotopic (exact) mass is 293 g/mol. The van der Waals surface area contributed by atoms with Crippen molar-refractivity contribution < 1.29 is 24.2 Å². The summed E-state index contributed by atoms with van der Waals surface area (Å²) in [4.78, 5) is 22.6. The van der Waals surface area contributed by atoms with Crippen molar-refractivity contribution in [2.24, 2.45) is 0 Å². The molecule has 0 aliphatic carbocycles. The number of aliphatic carboxylic acids is 1. The number of amides is 1. The molecule has 0 spiro atoms. The molecule has 2 N–H and O–H groups in total. The van der Waals surface area contributed by atoms with Crippen molar-refractivity contribution in [2.75, 3.05) is 19.8 Å². The number of carbonyl (C=O) groups excluding carboxylic acids is 1. The maximum Gasteiger partial charge on any atom is 0.341 e. The molecule has 0 aromatic heterocycles. The normalized spacial score (nSPS) is 21.6. The van der Waals surface area contributed by atoms with Gasteiger partial charge in [-0.15, -0.1) is 0 Å². The van der Waals surface area contributed by atoms with E-state index in [4.69, 9.17) is 14.6 Å². The molecule has 1 aromatic rings. The zero-order valence-corrected chi connectivity index (χ0v) is 11.9. The van der Waals surface area contributed by atoms with E-state index in [1.807, 2.05) is 6.92 Å². The second-order valence-corrected chi connectivity index (χ2v) is 5.38. The van der Waals surface area contributed by atoms with E-state index in [0.717, 1.165) is 19.4 Å². The number of hydrogen-bond acceptors (Lipinski definition) is 4. The summed E-state index contributed by atoms with van der Waals surface area (Å²) in [6.07, 6.45) is 1.82. The number of carbonyl (C=O) groups is 2. The van der Waals surface area contributed by atoms with Crippen molar-refractivity contribution in [3.8, 4) is 5.75 Å². The molecule has 6 nitrogen and oxygen atoms in total. The summed E-state index contributed by atoms with van der Waals surface area (Å²) in [6.45, 7) is 2.81. The lowest BCUT2D eigenvalue weighted by atomic mass is 9.94. The van der Waals surface area contributed by atoms with Crippen LogP contribution >= 0.6 is 0 Å². The van der Waals surface area contributed by atoms with Crippen LogP contribution in [0.5, 0.6) is 5.75 Å². The first-order valence-corrected chi connectivity index (χ1v) is 6.83. The van der Waals surface area contributed by atoms with Gasteiger partial charge in [-0.2, -0.15) is 0 Å². The molecule has 1 aliphatic heterocycles. The molecule has 6 heteroatoms. The van der Waals surface area contributed by atoms with E-state index in [-0.39, 0.29) is 11.4 Å². The minimum Gasteiger partial charge on any atom is -0.482 e. The van der Waals surface area contributed by atoms with E-state index < -0.39 is 12.6 Å². The number of benzene rings is 1. The molecule has 1 amide bonds. The van der Waals surface area contributed by atoms with Crippen LogP contribution in [0.15, 0.2) is 24.3 Å². The van der Waals surface area contributed by atoms with Gasteiger partial charge in [-0.05, 0) is 44.0 Å². The molecule has 2 rings (SSSR count). The van der Waals surface area contributed by atoms with Crippen molar-refractivity contribution in [1.29, 1.82) is 0 Å². The van der Waals surface area contributed by atoms with Crippen molar-refractivity contribution >= 4 is 11.9 Å². The lowest BCUT2D eigenvalue weighted by molar-refractivity contribution is -0.139. The molecule has 0 radical (unpaired) electrons. The maximum atomic E-state index is 12.2. The summed E-state index contributed by atoms with van der Waals surface area (Å²) < 4.78 is 10.4. The Labute approximate surface area is 123 Å². The van der Waals surface area contributed by atoms with Gasteiger partial charge in [0.15, 0.2) is 6.61 Å². The van der Waals surface area contributed by atoms with Gasteiger partial charge < -0.3 is 19.9 Å². The molecular formula is C15H19NO5. The number of nitrogens with one attached hydrogen (secondary N) is 1. The van der Waals surface area contributed by atoms with Gasteiger partial charge in [0, 0.05) is 12.2 Å². The Hall–Kier alpha value is -2.08. The van der Waals surface area contributed by atoms with Gasteiger partial charge in [0.25, 0.3) is 5.91 Å². The fourth-order valence-corrected chi connectivity index (χ4v) is 2.23. The molecule has 1 heterocycles. The Balaban J connectivity index is 1.94. The zero-order chi connectivity index (χ0) is 15.3. The molecule has 1 saturated heterocycles. The van der Waals surface area contributed by atoms with Gasteiger partial charge in [-0.3, -0.25) is 4.79 Å². The molecule has 0 saturated carbocycles. The van der Waals surface area contributed by atoms with Crippen molar-refractivity contribution in [3.05, 3.63) is 29.8 Å². The predicted molar refractivity (Wildman–Crippen MR) is 75.5 cm³/mol. The van der Waals surface area contributed by atoms with Crippen molar-refractivity contribution in [3.63, 3.8) is 0 Å². The molecule has 0 bridgehead atoms. The van der Waals surface area contributed by atoms with Crippen LogP contribution in [0.2, 0.25) is 0 Å². The van der Waals surface area contributed by atoms with E-state index >= 15 is 0 Å². The van der Waals surface area contributed by atoms with E-state index in [0.29, 0.717) is 17.9 Å². The van der Waals surface area contributed by atoms with Crippen LogP contribution in [0.3, 0.4) is 0 Å². The molecule has 1 atom stereocenters. The molecule has 21 heavy (non-hydrogen) atoms. The van der Waals surface area contributed by atoms with E-state index in [1.165, 1.54) is 0 Å². The van der Waals surface area contributed by atoms with Crippen LogP contribution in [-0.2, 0) is 9.53 Å². The topological polar surface area (TPSA) is 84.9 Å². The average molecular weight is 293 g/mol. The third-order valence-electron chi connectivity index (χ3n) is 3.33. The standard InChI is InChI=1S/C15H19NO5/c1-15(7-2-8-20-10-15)16-14(19)11-3-5-12(6-4-11)21-9-13(17)18/h3-6H,2,7-10H2,1H3,(H,16,19)(H,17,18). The van der Waals surface area contributed by atoms with Gasteiger partial charge in [-0.1, -0.05) is 0 Å². The Bertz CT molecular complexity index is 505. The molecule has 1 fully saturated rings. The van der Waals surface area contributed by atoms with E-state index in [9.17, 15) is 9.59 Å². The molecule has 114 valence electrons. The first kappa shape index (κ1) is 15.3. The second kappa shape index (κ2) is 6.58. The Morgan fingerprint density at radius 2 is 2.10 bits per heavy atom. The number of carboxylic acid groups (broad SMARTS) is 1. The van der Waals surface area contributed by atoms with Crippen LogP contribution in [0, 0.1) is 0 Å². The first-order valence-electron chi connectivity index (χ1n) is 6.83. The quantitative estimate of drug-likeness (QED) is 0.858. The summed E-state index contributed by atoms with van der Waals surface area (Å²) in [6, 6.07) is 6.38. The largest absolute Gasteiger partial charge is 0.482 e. The highest BCUT2D eigenvalue weighted by atomic mass is 16.5. The summed E-state index contributed by atoms with van der Waals surface area (Å²) in [5.41, 5.74) is 0.165. The highest BCUT2D eigenvalue weighted by Gasteiger charge is 2.29. The minimum absolute atomic E-state index is 0.173. The number of carboxylic acids is 1. The predicted octanol–water partition coefficient (Wildman–Crippen LogP) is 1.45. The minimum atomic E-state index is -1.04. The van der Waals surface area contributed by atoms with Crippen LogP contribution in [0.25, 0.3) is 0 Å². The lowest BCUT2D eigenvalue weighted by Crippen LogP contribution is -2.51. The molecule has 1 aromatic carbocycles. The van der Waals surface area contributed by atoms with Crippen LogP contribution in [0.1, 0.15) is 30.1 Å². The van der Waals surface area contributed by atoms with Crippen molar-refractivity contribution in [2.45, 2.75) is 25.3 Å². The van der Waals surface area contributed by atoms with Gasteiger partial charge in [0.05, 0.1) is 12.1 Å². The van der Waals surface area contributed by atoms with Gasteiger partial charge >= 0.3 is 5.97 Å². The number of hydrogen-bond donors (Lipinski definition) is 2. The smallest absolute Gasteiger partial charge is 0.341 e. The second-order valence-electron chi connectivity index (χ2n) is 5.38. The number of ether oxygens (including phenoxy) is 2. The summed E-state index contributed by atoms with van der Waals surface area (Å²) >= 11 is 0. The fourth-order valence-electron chi connectivity index (χ4n) is 2.23. The highest BCUT2D eigenvalue weighted by molar-refractivity contribution is 5.94. The van der Waals surface area contributed by atoms with E-state index in [1.54, 1.807) is 24.3 Å². The number of rotatable bonds is 5. The molecule has 1 aliphatic rings. The first-order chi connectivity index (χ1) is 9.98. The van der Waals surface area contributed by atoms with Crippen LogP contribution in [0.4, 0.5) is 0 Å². The van der Waals surface area contributed by atoms with Gasteiger partial charge in [0.1, 0.15) is 5.75 Å². The lowest BCUT2D eigenvalue weighted by Gasteiger charge is -2.34. The summed E-state index contributed by atoms with van der Waals surface area (Å²) in [5.74, 6) is -0.795. The Morgan fingerprint density at radius 3 is 2.67 bits per heavy atom. The zero-order valence-electron chi connectivity index (χ0n) is 11.9. The molecule has 1 unspecified atom stereocenters. The van der Waals surface area contributed by atoms with Gasteiger partial charge in [-0.25, -0.2) is 4.79 Å². The van der Waals surface area contributed by atoms with Crippen LogP contribution in [-0.4, -0.2) is 42.3 Å². The van der Waals surface area contributed by atoms with Gasteiger partial charge in [0.2, 0.25) is 0 Å². The highest BCUT2D eigenvalue weighted by Crippen LogP contribution is 2.19. The third-order valence-corrected chi connectivity index (χ3v) is 3.33. The van der Waals surface area contributed by atoms with E-state index in [2.05, 4.69) is 5.32 Å². The molecular weight excluding hydrogens is 274 g/mol. The fraction of sp³-hybridized carbons (Fsp3) is 0.467. The van der Waals surface area contributed by atoms with Crippen LogP contribution < -0.4 is 10.1 Å².